The number of nitrogens with zero attached hydrogens (tertiary/aromatic N) is 4. The van der Waals surface area contributed by atoms with Gasteiger partial charge < -0.3 is 5.32 Å². The molecule has 6 nitrogen and oxygen atoms in total. The minimum atomic E-state index is 0.101. The molecule has 0 amide bonds. The maximum Gasteiger partial charge on any atom is 0.171 e. The fourth-order valence-electron chi connectivity index (χ4n) is 4.98. The van der Waals surface area contributed by atoms with Crippen LogP contribution in [0.2, 0.25) is 0 Å². The van der Waals surface area contributed by atoms with Crippen molar-refractivity contribution in [3.8, 4) is 28.5 Å². The Labute approximate surface area is 213 Å². The lowest BCUT2D eigenvalue weighted by atomic mass is 9.97. The van der Waals surface area contributed by atoms with E-state index in [2.05, 4.69) is 20.5 Å². The summed E-state index contributed by atoms with van der Waals surface area (Å²) in [4.78, 5) is 17.7. The molecule has 0 radical (unpaired) electrons. The maximum atomic E-state index is 13.2. The summed E-state index contributed by atoms with van der Waals surface area (Å²) < 4.78 is 2.04. The number of nitrogens with one attached hydrogen (secondary N) is 1. The molecule has 6 heteroatoms. The second kappa shape index (κ2) is 8.53. The van der Waals surface area contributed by atoms with Crippen LogP contribution >= 0.6 is 0 Å². The van der Waals surface area contributed by atoms with Gasteiger partial charge in [0.1, 0.15) is 0 Å². The summed E-state index contributed by atoms with van der Waals surface area (Å²) in [5, 5.41) is 14.6. The molecule has 1 aliphatic heterocycles. The van der Waals surface area contributed by atoms with Crippen LogP contribution < -0.4 is 5.32 Å². The predicted molar refractivity (Wildman–Crippen MR) is 145 cm³/mol. The Kier molecular flexibility index (Phi) is 4.89. The first-order valence-electron chi connectivity index (χ1n) is 12.1. The molecule has 0 atom stereocenters. The van der Waals surface area contributed by atoms with Crippen molar-refractivity contribution in [2.45, 2.75) is 6.42 Å². The highest BCUT2D eigenvalue weighted by Gasteiger charge is 2.25. The van der Waals surface area contributed by atoms with Crippen LogP contribution in [0.3, 0.4) is 0 Å². The van der Waals surface area contributed by atoms with E-state index >= 15 is 0 Å². The number of carbonyl (C=O) groups excluding carboxylic acids is 1. The number of carbonyl (C=O) groups is 1. The topological polar surface area (TPSA) is 72.7 Å². The third-order valence-corrected chi connectivity index (χ3v) is 6.78. The maximum absolute atomic E-state index is 13.2. The van der Waals surface area contributed by atoms with Crippen LogP contribution in [0.1, 0.15) is 15.9 Å². The SMILES string of the molecule is O=C(Cc1ccc(-c2nnc3n2-c2cccnc2Nc2ccccc2-3)cc1)c1cccc2ccccc12. The molecule has 0 fully saturated rings. The molecule has 0 aliphatic carbocycles. The number of anilines is 2. The number of rotatable bonds is 4. The highest BCUT2D eigenvalue weighted by molar-refractivity contribution is 6.08. The lowest BCUT2D eigenvalue weighted by molar-refractivity contribution is 0.0994. The zero-order valence-corrected chi connectivity index (χ0v) is 19.8. The molecule has 0 unspecified atom stereocenters. The van der Waals surface area contributed by atoms with E-state index in [1.165, 1.54) is 0 Å². The molecule has 4 aromatic carbocycles. The Bertz CT molecular complexity index is 1800. The van der Waals surface area contributed by atoms with Gasteiger partial charge >= 0.3 is 0 Å². The number of aromatic nitrogens is 4. The van der Waals surface area contributed by atoms with Crippen molar-refractivity contribution in [3.05, 3.63) is 120 Å². The van der Waals surface area contributed by atoms with Crippen LogP contribution in [0.5, 0.6) is 0 Å². The van der Waals surface area contributed by atoms with Crippen molar-refractivity contribution in [1.82, 2.24) is 19.7 Å². The van der Waals surface area contributed by atoms with Crippen LogP contribution in [0, 0.1) is 0 Å². The minimum absolute atomic E-state index is 0.101. The normalized spacial score (nSPS) is 11.7. The van der Waals surface area contributed by atoms with E-state index in [1.54, 1.807) is 6.20 Å². The van der Waals surface area contributed by atoms with Gasteiger partial charge in [0.15, 0.2) is 23.2 Å². The summed E-state index contributed by atoms with van der Waals surface area (Å²) in [7, 11) is 0. The molecular formula is C31H21N5O. The van der Waals surface area contributed by atoms with E-state index in [-0.39, 0.29) is 5.78 Å². The average Bonchev–Trinajstić information content (AvgIpc) is 3.32. The van der Waals surface area contributed by atoms with Crippen LogP contribution in [0.25, 0.3) is 39.2 Å². The zero-order chi connectivity index (χ0) is 24.8. The fourth-order valence-corrected chi connectivity index (χ4v) is 4.98. The first kappa shape index (κ1) is 21.2. The van der Waals surface area contributed by atoms with E-state index in [0.717, 1.165) is 61.9 Å². The van der Waals surface area contributed by atoms with E-state index in [9.17, 15) is 4.79 Å². The van der Waals surface area contributed by atoms with Gasteiger partial charge in [-0.15, -0.1) is 10.2 Å². The summed E-state index contributed by atoms with van der Waals surface area (Å²) in [5.74, 6) is 2.31. The first-order chi connectivity index (χ1) is 18.3. The van der Waals surface area contributed by atoms with Gasteiger partial charge in [0.25, 0.3) is 0 Å². The van der Waals surface area contributed by atoms with Crippen molar-refractivity contribution in [3.63, 3.8) is 0 Å². The van der Waals surface area contributed by atoms with Crippen molar-refractivity contribution in [1.29, 1.82) is 0 Å². The Morgan fingerprint density at radius 1 is 0.757 bits per heavy atom. The Hall–Kier alpha value is -5.10. The molecule has 37 heavy (non-hydrogen) atoms. The first-order valence-corrected chi connectivity index (χ1v) is 12.1. The van der Waals surface area contributed by atoms with Crippen LogP contribution in [0.15, 0.2) is 109 Å². The van der Waals surface area contributed by atoms with Gasteiger partial charge in [-0.05, 0) is 40.6 Å². The van der Waals surface area contributed by atoms with E-state index < -0.39 is 0 Å². The molecule has 6 aromatic rings. The van der Waals surface area contributed by atoms with Gasteiger partial charge in [-0.2, -0.15) is 0 Å². The number of ketones is 1. The van der Waals surface area contributed by atoms with Crippen molar-refractivity contribution in [2.24, 2.45) is 0 Å². The molecule has 0 bridgehead atoms. The molecule has 0 saturated carbocycles. The van der Waals surface area contributed by atoms with Crippen LogP contribution in [-0.2, 0) is 6.42 Å². The van der Waals surface area contributed by atoms with E-state index in [1.807, 2.05) is 108 Å². The summed E-state index contributed by atoms with van der Waals surface area (Å²) >= 11 is 0. The Balaban J connectivity index is 1.25. The lowest BCUT2D eigenvalue weighted by Gasteiger charge is -2.11. The number of pyridine rings is 1. The zero-order valence-electron chi connectivity index (χ0n) is 19.8. The molecule has 2 aromatic heterocycles. The van der Waals surface area contributed by atoms with Gasteiger partial charge in [0.2, 0.25) is 0 Å². The van der Waals surface area contributed by atoms with Gasteiger partial charge in [-0.25, -0.2) is 4.98 Å². The number of Topliss-reactive ketones (excluding diaryl/α,β-unsaturated/α-hetero) is 1. The van der Waals surface area contributed by atoms with E-state index in [4.69, 9.17) is 0 Å². The smallest absolute Gasteiger partial charge is 0.171 e. The molecule has 3 heterocycles. The highest BCUT2D eigenvalue weighted by Crippen LogP contribution is 2.39. The van der Waals surface area contributed by atoms with Gasteiger partial charge in [0.05, 0.1) is 11.4 Å². The molecular weight excluding hydrogens is 458 g/mol. The summed E-state index contributed by atoms with van der Waals surface area (Å²) in [6.07, 6.45) is 2.10. The van der Waals surface area contributed by atoms with Crippen LogP contribution in [-0.4, -0.2) is 25.5 Å². The van der Waals surface area contributed by atoms with Crippen molar-refractivity contribution in [2.75, 3.05) is 5.32 Å². The average molecular weight is 480 g/mol. The van der Waals surface area contributed by atoms with Crippen molar-refractivity contribution >= 4 is 28.1 Å². The summed E-state index contributed by atoms with van der Waals surface area (Å²) in [6.45, 7) is 0. The molecule has 1 aliphatic rings. The third-order valence-electron chi connectivity index (χ3n) is 6.78. The quantitative estimate of drug-likeness (QED) is 0.287. The Morgan fingerprint density at radius 2 is 1.54 bits per heavy atom. The largest absolute Gasteiger partial charge is 0.338 e. The number of fused-ring (bicyclic) bond motifs is 6. The summed E-state index contributed by atoms with van der Waals surface area (Å²) in [5.41, 5.74) is 5.38. The number of hydrogen-bond donors (Lipinski definition) is 1. The predicted octanol–water partition coefficient (Wildman–Crippen LogP) is 6.63. The fraction of sp³-hybridized carbons (Fsp3) is 0.0323. The molecule has 176 valence electrons. The van der Waals surface area contributed by atoms with Gasteiger partial charge in [-0.1, -0.05) is 78.9 Å². The van der Waals surface area contributed by atoms with Gasteiger partial charge in [0, 0.05) is 29.3 Å². The highest BCUT2D eigenvalue weighted by atomic mass is 16.1. The lowest BCUT2D eigenvalue weighted by Crippen LogP contribution is -2.05. The molecule has 7 rings (SSSR count). The third kappa shape index (κ3) is 3.58. The summed E-state index contributed by atoms with van der Waals surface area (Å²) in [6, 6.07) is 33.8. The van der Waals surface area contributed by atoms with Gasteiger partial charge in [-0.3, -0.25) is 9.36 Å². The number of hydrogen-bond acceptors (Lipinski definition) is 5. The van der Waals surface area contributed by atoms with E-state index in [0.29, 0.717) is 6.42 Å². The molecule has 1 N–H and O–H groups in total. The molecule has 0 saturated heterocycles. The second-order valence-electron chi connectivity index (χ2n) is 9.05. The monoisotopic (exact) mass is 479 g/mol. The number of para-hydroxylation sites is 1. The second-order valence-corrected chi connectivity index (χ2v) is 9.05. The molecule has 0 spiro atoms. The van der Waals surface area contributed by atoms with Crippen molar-refractivity contribution < 1.29 is 4.79 Å². The number of benzene rings is 4. The Morgan fingerprint density at radius 3 is 2.46 bits per heavy atom. The minimum Gasteiger partial charge on any atom is -0.338 e. The van der Waals surface area contributed by atoms with Crippen LogP contribution in [0.4, 0.5) is 11.5 Å². The standard InChI is InChI=1S/C31H21N5O/c37-28(24-11-5-8-21-7-1-2-9-23(21)24)19-20-14-16-22(17-15-20)30-34-35-31-25-10-3-4-12-26(25)33-29-27(36(30)31)13-6-18-32-29/h1-18H,19H2,(H,32,33).